The minimum Gasteiger partial charge on any atom is -0.314 e. The Morgan fingerprint density at radius 2 is 1.87 bits per heavy atom. The summed E-state index contributed by atoms with van der Waals surface area (Å²) in [5.74, 6) is 0. The second-order valence-corrected chi connectivity index (χ2v) is 5.76. The van der Waals surface area contributed by atoms with Crippen molar-refractivity contribution in [2.24, 2.45) is 5.41 Å². The molecule has 90 valence electrons. The van der Waals surface area contributed by atoms with Gasteiger partial charge in [-0.15, -0.1) is 0 Å². The fraction of sp³-hybridized carbons (Fsp3) is 1.00. The van der Waals surface area contributed by atoms with Gasteiger partial charge in [0.2, 0.25) is 0 Å². The zero-order valence-electron chi connectivity index (χ0n) is 11.1. The lowest BCUT2D eigenvalue weighted by Crippen LogP contribution is -2.36. The van der Waals surface area contributed by atoms with Gasteiger partial charge in [-0.05, 0) is 65.6 Å². The van der Waals surface area contributed by atoms with Gasteiger partial charge in [-0.2, -0.15) is 0 Å². The summed E-state index contributed by atoms with van der Waals surface area (Å²) in [6.45, 7) is 11.6. The lowest BCUT2D eigenvalue weighted by atomic mass is 10.0. The average molecular weight is 212 g/mol. The highest BCUT2D eigenvalue weighted by Gasteiger charge is 2.41. The van der Waals surface area contributed by atoms with Gasteiger partial charge in [-0.3, -0.25) is 0 Å². The molecule has 0 spiro atoms. The Bertz CT molecular complexity index is 185. The molecule has 2 heteroatoms. The van der Waals surface area contributed by atoms with Crippen LogP contribution in [0.5, 0.6) is 0 Å². The van der Waals surface area contributed by atoms with Gasteiger partial charge < -0.3 is 10.2 Å². The van der Waals surface area contributed by atoms with E-state index in [0.29, 0.717) is 17.5 Å². The van der Waals surface area contributed by atoms with Gasteiger partial charge in [-0.1, -0.05) is 6.92 Å². The van der Waals surface area contributed by atoms with E-state index >= 15 is 0 Å². The molecule has 1 N–H and O–H groups in total. The van der Waals surface area contributed by atoms with E-state index in [1.807, 2.05) is 0 Å². The molecule has 2 nitrogen and oxygen atoms in total. The lowest BCUT2D eigenvalue weighted by molar-refractivity contribution is 0.264. The summed E-state index contributed by atoms with van der Waals surface area (Å²) in [5.41, 5.74) is 0.615. The molecule has 1 unspecified atom stereocenters. The predicted molar refractivity (Wildman–Crippen MR) is 67.2 cm³/mol. The van der Waals surface area contributed by atoms with Crippen LogP contribution in [-0.2, 0) is 0 Å². The molecule has 0 aliphatic heterocycles. The van der Waals surface area contributed by atoms with Crippen molar-refractivity contribution in [3.8, 4) is 0 Å². The lowest BCUT2D eigenvalue weighted by Gasteiger charge is -2.23. The van der Waals surface area contributed by atoms with Crippen LogP contribution in [0.15, 0.2) is 0 Å². The molecule has 1 rings (SSSR count). The largest absolute Gasteiger partial charge is 0.314 e. The van der Waals surface area contributed by atoms with E-state index < -0.39 is 0 Å². The summed E-state index contributed by atoms with van der Waals surface area (Å²) < 4.78 is 0. The van der Waals surface area contributed by atoms with E-state index in [2.05, 4.69) is 45.0 Å². The number of hydrogen-bond donors (Lipinski definition) is 1. The van der Waals surface area contributed by atoms with Crippen molar-refractivity contribution in [3.05, 3.63) is 0 Å². The normalized spacial score (nSPS) is 21.0. The molecule has 1 aliphatic carbocycles. The zero-order valence-corrected chi connectivity index (χ0v) is 11.1. The number of hydrogen-bond acceptors (Lipinski definition) is 2. The van der Waals surface area contributed by atoms with Crippen LogP contribution in [0.4, 0.5) is 0 Å². The Balaban J connectivity index is 2.01. The van der Waals surface area contributed by atoms with Gasteiger partial charge in [0.1, 0.15) is 0 Å². The second kappa shape index (κ2) is 5.31. The van der Waals surface area contributed by atoms with Gasteiger partial charge in [-0.25, -0.2) is 0 Å². The first kappa shape index (κ1) is 13.0. The van der Waals surface area contributed by atoms with E-state index in [1.165, 1.54) is 25.8 Å². The van der Waals surface area contributed by atoms with Gasteiger partial charge in [0.25, 0.3) is 0 Å². The summed E-state index contributed by atoms with van der Waals surface area (Å²) in [6, 6.07) is 1.37. The first-order valence-electron chi connectivity index (χ1n) is 6.39. The fourth-order valence-corrected chi connectivity index (χ4v) is 1.78. The minimum absolute atomic E-state index is 0.615. The quantitative estimate of drug-likeness (QED) is 0.652. The van der Waals surface area contributed by atoms with Crippen LogP contribution in [0, 0.1) is 5.41 Å². The van der Waals surface area contributed by atoms with Crippen LogP contribution >= 0.6 is 0 Å². The summed E-state index contributed by atoms with van der Waals surface area (Å²) >= 11 is 0. The van der Waals surface area contributed by atoms with Gasteiger partial charge in [0.15, 0.2) is 0 Å². The van der Waals surface area contributed by atoms with Crippen molar-refractivity contribution in [3.63, 3.8) is 0 Å². The van der Waals surface area contributed by atoms with E-state index in [0.717, 1.165) is 6.54 Å². The molecule has 1 atom stereocenters. The Morgan fingerprint density at radius 3 is 2.33 bits per heavy atom. The van der Waals surface area contributed by atoms with Crippen LogP contribution in [0.2, 0.25) is 0 Å². The Hall–Kier alpha value is -0.0800. The van der Waals surface area contributed by atoms with Gasteiger partial charge in [0, 0.05) is 12.1 Å². The molecule has 0 heterocycles. The van der Waals surface area contributed by atoms with E-state index in [9.17, 15) is 0 Å². The fourth-order valence-electron chi connectivity index (χ4n) is 1.78. The Kier molecular flexibility index (Phi) is 4.60. The maximum atomic E-state index is 3.65. The molecule has 0 aromatic rings. The van der Waals surface area contributed by atoms with Crippen molar-refractivity contribution in [2.75, 3.05) is 20.1 Å². The van der Waals surface area contributed by atoms with Crippen LogP contribution in [0.25, 0.3) is 0 Å². The smallest absolute Gasteiger partial charge is 0.00925 e. The molecule has 1 aliphatic rings. The van der Waals surface area contributed by atoms with Crippen molar-refractivity contribution >= 4 is 0 Å². The first-order chi connectivity index (χ1) is 6.96. The third-order valence-corrected chi connectivity index (χ3v) is 4.10. The monoisotopic (exact) mass is 212 g/mol. The highest BCUT2D eigenvalue weighted by Crippen LogP contribution is 2.47. The summed E-state index contributed by atoms with van der Waals surface area (Å²) in [6.07, 6.45) is 4.08. The molecule has 0 aromatic carbocycles. The van der Waals surface area contributed by atoms with Crippen LogP contribution in [-0.4, -0.2) is 37.1 Å². The average Bonchev–Trinajstić information content (AvgIpc) is 2.91. The zero-order chi connectivity index (χ0) is 11.5. The molecule has 0 amide bonds. The number of rotatable bonds is 7. The topological polar surface area (TPSA) is 15.3 Å². The van der Waals surface area contributed by atoms with Crippen molar-refractivity contribution in [1.82, 2.24) is 10.2 Å². The first-order valence-corrected chi connectivity index (χ1v) is 6.39. The van der Waals surface area contributed by atoms with E-state index in [4.69, 9.17) is 0 Å². The molecule has 0 radical (unpaired) electrons. The maximum Gasteiger partial charge on any atom is 0.00925 e. The molecule has 15 heavy (non-hydrogen) atoms. The Morgan fingerprint density at radius 1 is 1.27 bits per heavy atom. The molecule has 1 fully saturated rings. The van der Waals surface area contributed by atoms with Crippen molar-refractivity contribution in [2.45, 2.75) is 59.0 Å². The highest BCUT2D eigenvalue weighted by atomic mass is 15.1. The van der Waals surface area contributed by atoms with Crippen LogP contribution in [0.3, 0.4) is 0 Å². The van der Waals surface area contributed by atoms with Crippen LogP contribution < -0.4 is 5.32 Å². The van der Waals surface area contributed by atoms with Crippen molar-refractivity contribution in [1.29, 1.82) is 0 Å². The Labute approximate surface area is 95.4 Å². The van der Waals surface area contributed by atoms with E-state index in [-0.39, 0.29) is 0 Å². The number of nitrogens with one attached hydrogen (secondary N) is 1. The summed E-state index contributed by atoms with van der Waals surface area (Å²) in [4.78, 5) is 2.41. The third-order valence-electron chi connectivity index (χ3n) is 4.10. The molecule has 0 bridgehead atoms. The highest BCUT2D eigenvalue weighted by molar-refractivity contribution is 4.96. The predicted octanol–water partition coefficient (Wildman–Crippen LogP) is 2.49. The molecular formula is C13H28N2. The van der Waals surface area contributed by atoms with Gasteiger partial charge >= 0.3 is 0 Å². The SMILES string of the molecule is CC(C)N(C)CCCNC(C)C1(C)CC1. The molecule has 0 aromatic heterocycles. The molecule has 1 saturated carbocycles. The summed E-state index contributed by atoms with van der Waals surface area (Å²) in [7, 11) is 2.20. The van der Waals surface area contributed by atoms with E-state index in [1.54, 1.807) is 0 Å². The third kappa shape index (κ3) is 4.12. The summed E-state index contributed by atoms with van der Waals surface area (Å²) in [5, 5.41) is 3.65. The number of nitrogens with zero attached hydrogens (tertiary/aromatic N) is 1. The van der Waals surface area contributed by atoms with Crippen molar-refractivity contribution < 1.29 is 0 Å². The minimum atomic E-state index is 0.615. The standard InChI is InChI=1S/C13H28N2/c1-11(2)15(5)10-6-9-14-12(3)13(4)7-8-13/h11-12,14H,6-10H2,1-5H3. The van der Waals surface area contributed by atoms with Gasteiger partial charge in [0.05, 0.1) is 0 Å². The second-order valence-electron chi connectivity index (χ2n) is 5.76. The molecular weight excluding hydrogens is 184 g/mol. The molecule has 0 saturated heterocycles. The van der Waals surface area contributed by atoms with Crippen LogP contribution in [0.1, 0.15) is 47.0 Å². The maximum absolute atomic E-state index is 3.65.